The largest absolute Gasteiger partial charge is 0.493 e. The van der Waals surface area contributed by atoms with Crippen LogP contribution < -0.4 is 19.1 Å². The summed E-state index contributed by atoms with van der Waals surface area (Å²) in [5.74, 6) is 0.518. The molecule has 0 saturated carbocycles. The lowest BCUT2D eigenvalue weighted by Crippen LogP contribution is -2.41. The summed E-state index contributed by atoms with van der Waals surface area (Å²) in [5, 5.41) is 2.68. The summed E-state index contributed by atoms with van der Waals surface area (Å²) in [6, 6.07) is 10.6. The number of hydrogen-bond donors (Lipinski definition) is 1. The minimum absolute atomic E-state index is 0.0366. The van der Waals surface area contributed by atoms with Crippen molar-refractivity contribution in [3.05, 3.63) is 48.0 Å². The first-order valence-corrected chi connectivity index (χ1v) is 14.0. The van der Waals surface area contributed by atoms with Crippen LogP contribution >= 0.6 is 0 Å². The van der Waals surface area contributed by atoms with E-state index in [-0.39, 0.29) is 30.2 Å². The molecular weight excluding hydrogens is 498 g/mol. The molecule has 1 aliphatic rings. The van der Waals surface area contributed by atoms with Crippen LogP contribution in [0, 0.1) is 0 Å². The number of benzene rings is 2. The fraction of sp³-hybridized carbons (Fsp3) is 0.409. The smallest absolute Gasteiger partial charge is 0.243 e. The van der Waals surface area contributed by atoms with Gasteiger partial charge in [0, 0.05) is 19.6 Å². The van der Waals surface area contributed by atoms with Crippen LogP contribution in [0.4, 0.5) is 5.69 Å². The van der Waals surface area contributed by atoms with Gasteiger partial charge in [-0.05, 0) is 42.0 Å². The first-order chi connectivity index (χ1) is 16.6. The number of nitrogens with one attached hydrogen (secondary N) is 1. The van der Waals surface area contributed by atoms with Crippen LogP contribution in [0.3, 0.4) is 0 Å². The standard InChI is InChI=1S/C22H29N3O8S2/c1-31-20-9-4-17(14-21(20)32-2)15-23-22(26)16-25(34(3,27)28)18-5-7-19(8-6-18)35(29,30)24-10-12-33-13-11-24/h4-9,14H,10-13,15-16H2,1-3H3,(H,23,26). The molecule has 0 aliphatic carbocycles. The maximum absolute atomic E-state index is 12.8. The van der Waals surface area contributed by atoms with E-state index in [1.807, 2.05) is 0 Å². The van der Waals surface area contributed by atoms with Gasteiger partial charge in [-0.2, -0.15) is 4.31 Å². The molecule has 0 atom stereocenters. The molecule has 35 heavy (non-hydrogen) atoms. The summed E-state index contributed by atoms with van der Waals surface area (Å²) in [7, 11) is -4.53. The van der Waals surface area contributed by atoms with Crippen LogP contribution in [0.15, 0.2) is 47.4 Å². The van der Waals surface area contributed by atoms with E-state index in [0.29, 0.717) is 24.7 Å². The Labute approximate surface area is 205 Å². The topological polar surface area (TPSA) is 132 Å². The molecule has 1 amide bonds. The van der Waals surface area contributed by atoms with Gasteiger partial charge in [0.2, 0.25) is 26.0 Å². The van der Waals surface area contributed by atoms with Crippen LogP contribution in [0.25, 0.3) is 0 Å². The van der Waals surface area contributed by atoms with Crippen molar-refractivity contribution in [3.8, 4) is 11.5 Å². The van der Waals surface area contributed by atoms with Crippen molar-refractivity contribution in [3.63, 3.8) is 0 Å². The average Bonchev–Trinajstić information content (AvgIpc) is 2.85. The summed E-state index contributed by atoms with van der Waals surface area (Å²) >= 11 is 0. The predicted molar refractivity (Wildman–Crippen MR) is 130 cm³/mol. The van der Waals surface area contributed by atoms with Crippen LogP contribution in [0.5, 0.6) is 11.5 Å². The Morgan fingerprint density at radius 3 is 2.20 bits per heavy atom. The molecule has 0 bridgehead atoms. The van der Waals surface area contributed by atoms with Gasteiger partial charge < -0.3 is 19.5 Å². The number of morpholine rings is 1. The fourth-order valence-corrected chi connectivity index (χ4v) is 5.76. The molecule has 1 heterocycles. The lowest BCUT2D eigenvalue weighted by molar-refractivity contribution is -0.119. The van der Waals surface area contributed by atoms with E-state index in [1.165, 1.54) is 42.8 Å². The summed E-state index contributed by atoms with van der Waals surface area (Å²) in [6.45, 7) is 0.809. The number of carbonyl (C=O) groups is 1. The number of rotatable bonds is 10. The summed E-state index contributed by atoms with van der Waals surface area (Å²) in [6.07, 6.45) is 0.979. The van der Waals surface area contributed by atoms with Gasteiger partial charge in [0.05, 0.1) is 44.3 Å². The van der Waals surface area contributed by atoms with Gasteiger partial charge in [-0.25, -0.2) is 16.8 Å². The SMILES string of the molecule is COc1ccc(CNC(=O)CN(c2ccc(S(=O)(=O)N3CCOCC3)cc2)S(C)(=O)=O)cc1OC. The molecule has 1 aliphatic heterocycles. The van der Waals surface area contributed by atoms with Gasteiger partial charge in [0.25, 0.3) is 0 Å². The van der Waals surface area contributed by atoms with Crippen molar-refractivity contribution in [2.24, 2.45) is 0 Å². The monoisotopic (exact) mass is 527 g/mol. The predicted octanol–water partition coefficient (Wildman–Crippen LogP) is 0.807. The molecule has 2 aromatic rings. The van der Waals surface area contributed by atoms with E-state index in [4.69, 9.17) is 14.2 Å². The lowest BCUT2D eigenvalue weighted by Gasteiger charge is -2.26. The average molecular weight is 528 g/mol. The van der Waals surface area contributed by atoms with Gasteiger partial charge in [-0.15, -0.1) is 0 Å². The first kappa shape index (κ1) is 26.7. The third kappa shape index (κ3) is 6.63. The molecule has 0 spiro atoms. The normalized spacial score (nSPS) is 14.8. The zero-order valence-electron chi connectivity index (χ0n) is 19.8. The van der Waals surface area contributed by atoms with E-state index in [0.717, 1.165) is 16.1 Å². The summed E-state index contributed by atoms with van der Waals surface area (Å²) in [4.78, 5) is 12.6. The van der Waals surface area contributed by atoms with Crippen molar-refractivity contribution >= 4 is 31.6 Å². The molecule has 2 aromatic carbocycles. The quantitative estimate of drug-likeness (QED) is 0.480. The first-order valence-electron chi connectivity index (χ1n) is 10.7. The van der Waals surface area contributed by atoms with Crippen molar-refractivity contribution in [2.75, 3.05) is 57.6 Å². The fourth-order valence-electron chi connectivity index (χ4n) is 3.50. The third-order valence-corrected chi connectivity index (χ3v) is 8.41. The van der Waals surface area contributed by atoms with Gasteiger partial charge in [-0.3, -0.25) is 9.10 Å². The number of nitrogens with zero attached hydrogens (tertiary/aromatic N) is 2. The zero-order valence-corrected chi connectivity index (χ0v) is 21.4. The number of sulfonamides is 2. The van der Waals surface area contributed by atoms with Gasteiger partial charge >= 0.3 is 0 Å². The highest BCUT2D eigenvalue weighted by molar-refractivity contribution is 7.92. The molecule has 13 heteroatoms. The molecule has 3 rings (SSSR count). The Morgan fingerprint density at radius 1 is 1.00 bits per heavy atom. The van der Waals surface area contributed by atoms with Crippen molar-refractivity contribution in [1.82, 2.24) is 9.62 Å². The molecule has 0 aromatic heterocycles. The maximum Gasteiger partial charge on any atom is 0.243 e. The molecule has 0 radical (unpaired) electrons. The van der Waals surface area contributed by atoms with E-state index in [2.05, 4.69) is 5.32 Å². The highest BCUT2D eigenvalue weighted by atomic mass is 32.2. The van der Waals surface area contributed by atoms with Crippen LogP contribution in [-0.4, -0.2) is 80.4 Å². The Hall–Kier alpha value is -2.87. The second kappa shape index (κ2) is 11.2. The lowest BCUT2D eigenvalue weighted by atomic mass is 10.2. The van der Waals surface area contributed by atoms with E-state index in [1.54, 1.807) is 18.2 Å². The van der Waals surface area contributed by atoms with Crippen molar-refractivity contribution < 1.29 is 35.8 Å². The van der Waals surface area contributed by atoms with Gasteiger partial charge in [0.1, 0.15) is 6.54 Å². The Kier molecular flexibility index (Phi) is 8.59. The highest BCUT2D eigenvalue weighted by Gasteiger charge is 2.27. The molecule has 1 saturated heterocycles. The molecule has 0 unspecified atom stereocenters. The van der Waals surface area contributed by atoms with E-state index in [9.17, 15) is 21.6 Å². The Bertz CT molecular complexity index is 1240. The minimum Gasteiger partial charge on any atom is -0.493 e. The maximum atomic E-state index is 12.8. The van der Waals surface area contributed by atoms with Crippen molar-refractivity contribution in [2.45, 2.75) is 11.4 Å². The number of anilines is 1. The minimum atomic E-state index is -3.82. The molecule has 1 N–H and O–H groups in total. The van der Waals surface area contributed by atoms with E-state index < -0.39 is 32.5 Å². The second-order valence-electron chi connectivity index (χ2n) is 7.75. The number of carbonyl (C=O) groups excluding carboxylic acids is 1. The van der Waals surface area contributed by atoms with Gasteiger partial charge in [0.15, 0.2) is 11.5 Å². The van der Waals surface area contributed by atoms with Crippen molar-refractivity contribution in [1.29, 1.82) is 0 Å². The number of methoxy groups -OCH3 is 2. The molecule has 1 fully saturated rings. The van der Waals surface area contributed by atoms with Crippen LogP contribution in [0.2, 0.25) is 0 Å². The zero-order chi connectivity index (χ0) is 25.6. The number of ether oxygens (including phenoxy) is 3. The van der Waals surface area contributed by atoms with E-state index >= 15 is 0 Å². The molecular formula is C22H29N3O8S2. The van der Waals surface area contributed by atoms with Crippen LogP contribution in [-0.2, 0) is 36.1 Å². The Balaban J connectivity index is 1.71. The number of amides is 1. The summed E-state index contributed by atoms with van der Waals surface area (Å²) < 4.78 is 68.3. The Morgan fingerprint density at radius 2 is 1.63 bits per heavy atom. The van der Waals surface area contributed by atoms with Gasteiger partial charge in [-0.1, -0.05) is 6.07 Å². The highest BCUT2D eigenvalue weighted by Crippen LogP contribution is 2.27. The third-order valence-electron chi connectivity index (χ3n) is 5.36. The second-order valence-corrected chi connectivity index (χ2v) is 11.6. The van der Waals surface area contributed by atoms with Crippen LogP contribution in [0.1, 0.15) is 5.56 Å². The molecule has 192 valence electrons. The number of hydrogen-bond acceptors (Lipinski definition) is 8. The summed E-state index contributed by atoms with van der Waals surface area (Å²) in [5.41, 5.74) is 0.911. The molecule has 11 nitrogen and oxygen atoms in total.